The predicted molar refractivity (Wildman–Crippen MR) is 99.6 cm³/mol. The first-order valence-corrected chi connectivity index (χ1v) is 9.64. The Balaban J connectivity index is 0.00000225. The maximum absolute atomic E-state index is 12.4. The quantitative estimate of drug-likeness (QED) is 0.731. The molecule has 1 saturated carbocycles. The van der Waals surface area contributed by atoms with E-state index in [1.807, 2.05) is 0 Å². The average Bonchev–Trinajstić information content (AvgIpc) is 3.20. The normalized spacial score (nSPS) is 19.0. The van der Waals surface area contributed by atoms with Crippen molar-refractivity contribution in [1.29, 1.82) is 0 Å². The highest BCUT2D eigenvalue weighted by Gasteiger charge is 2.37. The molecule has 138 valence electrons. The van der Waals surface area contributed by atoms with Gasteiger partial charge in [-0.3, -0.25) is 14.5 Å². The van der Waals surface area contributed by atoms with Crippen LogP contribution in [0.15, 0.2) is 34.2 Å². The minimum atomic E-state index is -3.70. The second-order valence-corrected chi connectivity index (χ2v) is 8.07. The highest BCUT2D eigenvalue weighted by Crippen LogP contribution is 2.28. The van der Waals surface area contributed by atoms with Crippen molar-refractivity contribution in [3.8, 4) is 0 Å². The molecule has 9 heteroatoms. The van der Waals surface area contributed by atoms with E-state index >= 15 is 0 Å². The molecule has 0 atom stereocenters. The minimum Gasteiger partial charge on any atom is -0.324 e. The topological polar surface area (TPSA) is 114 Å². The molecule has 0 unspecified atom stereocenters. The molecule has 1 aromatic rings. The summed E-state index contributed by atoms with van der Waals surface area (Å²) in [5.74, 6) is 0.221. The summed E-state index contributed by atoms with van der Waals surface area (Å²) in [6.45, 7) is 0.645. The van der Waals surface area contributed by atoms with E-state index in [1.54, 1.807) is 12.1 Å². The number of aliphatic imine (C=N–C) groups is 1. The third-order valence-corrected chi connectivity index (χ3v) is 5.86. The van der Waals surface area contributed by atoms with E-state index in [1.165, 1.54) is 12.1 Å². The molecule has 1 fully saturated rings. The number of hydrogen-bond acceptors (Lipinski definition) is 5. The summed E-state index contributed by atoms with van der Waals surface area (Å²) in [6, 6.07) is 6.18. The maximum Gasteiger partial charge on any atom is 0.262 e. The van der Waals surface area contributed by atoms with Crippen molar-refractivity contribution in [3.63, 3.8) is 0 Å². The monoisotopic (exact) mass is 386 g/mol. The maximum atomic E-state index is 12.4. The molecule has 1 heterocycles. The number of nitrogens with zero attached hydrogens (tertiary/aromatic N) is 1. The standard InChI is InChI=1S/C16H22N4O3S.ClH/c17-16(8-1-2-9-16)15(21)19-12-5-3-6-13(11-12)24(22,23)20-14-7-4-10-18-14;/h3,5-6,11H,1-2,4,7-10,17H2,(H,18,20)(H,19,21);1H. The van der Waals surface area contributed by atoms with Crippen LogP contribution in [0.5, 0.6) is 0 Å². The first-order chi connectivity index (χ1) is 11.4. The molecule has 2 aliphatic rings. The summed E-state index contributed by atoms with van der Waals surface area (Å²) in [7, 11) is -3.70. The molecule has 0 spiro atoms. The number of hydrogen-bond donors (Lipinski definition) is 3. The SMILES string of the molecule is Cl.NC1(C(=O)Nc2cccc(S(=O)(=O)NC3=NCCC3)c2)CCCC1. The van der Waals surface area contributed by atoms with Crippen LogP contribution in [0, 0.1) is 0 Å². The number of rotatable bonds is 4. The molecule has 1 amide bonds. The van der Waals surface area contributed by atoms with Crippen molar-refractivity contribution in [2.45, 2.75) is 49.0 Å². The molecular formula is C16H23ClN4O3S. The lowest BCUT2D eigenvalue weighted by Crippen LogP contribution is -2.48. The first kappa shape index (κ1) is 19.7. The number of carbonyl (C=O) groups is 1. The van der Waals surface area contributed by atoms with Crippen molar-refractivity contribution in [3.05, 3.63) is 24.3 Å². The Labute approximate surface area is 153 Å². The van der Waals surface area contributed by atoms with Gasteiger partial charge in [-0.2, -0.15) is 0 Å². The Morgan fingerprint density at radius 2 is 1.92 bits per heavy atom. The van der Waals surface area contributed by atoms with Gasteiger partial charge in [0.05, 0.1) is 10.4 Å². The average molecular weight is 387 g/mol. The molecule has 1 aromatic carbocycles. The number of carbonyl (C=O) groups excluding carboxylic acids is 1. The van der Waals surface area contributed by atoms with Gasteiger partial charge in [0.1, 0.15) is 5.84 Å². The third kappa shape index (κ3) is 4.50. The Morgan fingerprint density at radius 3 is 2.56 bits per heavy atom. The summed E-state index contributed by atoms with van der Waals surface area (Å²) in [5, 5.41) is 2.74. The van der Waals surface area contributed by atoms with Gasteiger partial charge in [-0.25, -0.2) is 8.42 Å². The van der Waals surface area contributed by atoms with Crippen LogP contribution in [0.4, 0.5) is 5.69 Å². The lowest BCUT2D eigenvalue weighted by atomic mass is 9.98. The lowest BCUT2D eigenvalue weighted by molar-refractivity contribution is -0.121. The van der Waals surface area contributed by atoms with Crippen molar-refractivity contribution in [1.82, 2.24) is 4.72 Å². The Kier molecular flexibility index (Phi) is 6.08. The second-order valence-electron chi connectivity index (χ2n) is 6.38. The van der Waals surface area contributed by atoms with Gasteiger partial charge in [0.15, 0.2) is 0 Å². The Bertz CT molecular complexity index is 773. The van der Waals surface area contributed by atoms with Crippen LogP contribution >= 0.6 is 12.4 Å². The van der Waals surface area contributed by atoms with Gasteiger partial charge < -0.3 is 11.1 Å². The van der Waals surface area contributed by atoms with E-state index < -0.39 is 15.6 Å². The molecule has 0 aromatic heterocycles. The number of halogens is 1. The van der Waals surface area contributed by atoms with Crippen molar-refractivity contribution in [2.24, 2.45) is 10.7 Å². The molecule has 1 aliphatic heterocycles. The predicted octanol–water partition coefficient (Wildman–Crippen LogP) is 1.79. The van der Waals surface area contributed by atoms with Crippen LogP contribution in [0.3, 0.4) is 0 Å². The largest absolute Gasteiger partial charge is 0.324 e. The van der Waals surface area contributed by atoms with E-state index in [2.05, 4.69) is 15.0 Å². The summed E-state index contributed by atoms with van der Waals surface area (Å²) < 4.78 is 27.3. The fraction of sp³-hybridized carbons (Fsp3) is 0.500. The van der Waals surface area contributed by atoms with Gasteiger partial charge in [-0.1, -0.05) is 18.9 Å². The Morgan fingerprint density at radius 1 is 1.20 bits per heavy atom. The van der Waals surface area contributed by atoms with E-state index in [-0.39, 0.29) is 23.2 Å². The molecule has 7 nitrogen and oxygen atoms in total. The number of amidine groups is 1. The number of amides is 1. The zero-order valence-corrected chi connectivity index (χ0v) is 15.5. The number of nitrogens with one attached hydrogen (secondary N) is 2. The molecular weight excluding hydrogens is 364 g/mol. The smallest absolute Gasteiger partial charge is 0.262 e. The molecule has 0 radical (unpaired) electrons. The fourth-order valence-corrected chi connectivity index (χ4v) is 4.20. The third-order valence-electron chi connectivity index (χ3n) is 4.48. The number of anilines is 1. The summed E-state index contributed by atoms with van der Waals surface area (Å²) >= 11 is 0. The minimum absolute atomic E-state index is 0. The number of benzene rings is 1. The van der Waals surface area contributed by atoms with Crippen LogP contribution in [-0.4, -0.2) is 32.2 Å². The highest BCUT2D eigenvalue weighted by atomic mass is 35.5. The van der Waals surface area contributed by atoms with Gasteiger partial charge in [0.25, 0.3) is 10.0 Å². The van der Waals surface area contributed by atoms with Gasteiger partial charge in [-0.15, -0.1) is 12.4 Å². The zero-order valence-electron chi connectivity index (χ0n) is 13.8. The molecule has 4 N–H and O–H groups in total. The number of nitrogens with two attached hydrogens (primary N) is 1. The van der Waals surface area contributed by atoms with Crippen molar-refractivity contribution >= 4 is 39.9 Å². The molecule has 0 saturated heterocycles. The summed E-state index contributed by atoms with van der Waals surface area (Å²) in [6.07, 6.45) is 4.66. The molecule has 25 heavy (non-hydrogen) atoms. The molecule has 3 rings (SSSR count). The van der Waals surface area contributed by atoms with Crippen LogP contribution in [0.1, 0.15) is 38.5 Å². The van der Waals surface area contributed by atoms with Gasteiger partial charge in [-0.05, 0) is 37.5 Å². The van der Waals surface area contributed by atoms with Gasteiger partial charge >= 0.3 is 0 Å². The van der Waals surface area contributed by atoms with E-state index in [0.717, 1.165) is 19.3 Å². The number of sulfonamides is 1. The van der Waals surface area contributed by atoms with E-state index in [9.17, 15) is 13.2 Å². The van der Waals surface area contributed by atoms with Crippen LogP contribution in [-0.2, 0) is 14.8 Å². The summed E-state index contributed by atoms with van der Waals surface area (Å²) in [5.41, 5.74) is 5.69. The summed E-state index contributed by atoms with van der Waals surface area (Å²) in [4.78, 5) is 16.6. The second kappa shape index (κ2) is 7.72. The highest BCUT2D eigenvalue weighted by molar-refractivity contribution is 7.90. The van der Waals surface area contributed by atoms with Gasteiger partial charge in [0, 0.05) is 18.7 Å². The van der Waals surface area contributed by atoms with Crippen LogP contribution in [0.2, 0.25) is 0 Å². The zero-order chi connectivity index (χ0) is 17.2. The lowest BCUT2D eigenvalue weighted by Gasteiger charge is -2.22. The van der Waals surface area contributed by atoms with E-state index in [4.69, 9.17) is 5.73 Å². The first-order valence-electron chi connectivity index (χ1n) is 8.16. The molecule has 0 bridgehead atoms. The van der Waals surface area contributed by atoms with Gasteiger partial charge in [0.2, 0.25) is 5.91 Å². The van der Waals surface area contributed by atoms with Crippen molar-refractivity contribution < 1.29 is 13.2 Å². The van der Waals surface area contributed by atoms with Crippen molar-refractivity contribution in [2.75, 3.05) is 11.9 Å². The molecule has 1 aliphatic carbocycles. The van der Waals surface area contributed by atoms with E-state index in [0.29, 0.717) is 37.3 Å². The van der Waals surface area contributed by atoms with Crippen LogP contribution < -0.4 is 15.8 Å². The fourth-order valence-electron chi connectivity index (χ4n) is 3.07. The Hall–Kier alpha value is -1.64. The van der Waals surface area contributed by atoms with Crippen LogP contribution in [0.25, 0.3) is 0 Å².